The molecule has 1 aliphatic heterocycles. The Kier molecular flexibility index (Phi) is 5.61. The molecule has 1 aliphatic rings. The Hall–Kier alpha value is -1.91. The number of nitrogens with one attached hydrogen (secondary N) is 1. The fourth-order valence-corrected chi connectivity index (χ4v) is 3.20. The highest BCUT2D eigenvalue weighted by atomic mass is 16.5. The number of pyridine rings is 1. The average Bonchev–Trinajstić information content (AvgIpc) is 2.63. The number of benzene rings is 1. The maximum atomic E-state index is 5.81. The standard InChI is InChI=1S/C19H25N3O/c1-2-23-19-8-4-3-6-16(19)14-18(17-7-5-9-21-15-17)22-12-10-20-11-13-22/h3-9,15,18,20H,2,10-14H2,1H3. The molecule has 0 bridgehead atoms. The van der Waals surface area contributed by atoms with Crippen LogP contribution in [0.5, 0.6) is 5.75 Å². The molecule has 23 heavy (non-hydrogen) atoms. The largest absolute Gasteiger partial charge is 0.494 e. The summed E-state index contributed by atoms with van der Waals surface area (Å²) in [6.45, 7) is 6.95. The molecule has 1 atom stereocenters. The van der Waals surface area contributed by atoms with Crippen molar-refractivity contribution in [1.29, 1.82) is 0 Å². The first kappa shape index (κ1) is 16.0. The highest BCUT2D eigenvalue weighted by Gasteiger charge is 2.23. The zero-order valence-electron chi connectivity index (χ0n) is 13.7. The van der Waals surface area contributed by atoms with Crippen molar-refractivity contribution in [1.82, 2.24) is 15.2 Å². The number of hydrogen-bond acceptors (Lipinski definition) is 4. The van der Waals surface area contributed by atoms with Crippen LogP contribution in [0.25, 0.3) is 0 Å². The van der Waals surface area contributed by atoms with Crippen molar-refractivity contribution in [2.24, 2.45) is 0 Å². The van der Waals surface area contributed by atoms with Crippen LogP contribution in [0, 0.1) is 0 Å². The highest BCUT2D eigenvalue weighted by molar-refractivity contribution is 5.35. The average molecular weight is 311 g/mol. The molecule has 0 amide bonds. The van der Waals surface area contributed by atoms with Crippen molar-refractivity contribution < 1.29 is 4.74 Å². The second-order valence-corrected chi connectivity index (χ2v) is 5.83. The van der Waals surface area contributed by atoms with Gasteiger partial charge in [0, 0.05) is 44.6 Å². The van der Waals surface area contributed by atoms with Gasteiger partial charge in [0.1, 0.15) is 5.75 Å². The third-order valence-electron chi connectivity index (χ3n) is 4.35. The lowest BCUT2D eigenvalue weighted by molar-refractivity contribution is 0.171. The minimum absolute atomic E-state index is 0.340. The maximum Gasteiger partial charge on any atom is 0.122 e. The SMILES string of the molecule is CCOc1ccccc1CC(c1cccnc1)N1CCNCC1. The number of aromatic nitrogens is 1. The lowest BCUT2D eigenvalue weighted by Crippen LogP contribution is -2.45. The first-order chi connectivity index (χ1) is 11.4. The maximum absolute atomic E-state index is 5.81. The second-order valence-electron chi connectivity index (χ2n) is 5.83. The first-order valence-electron chi connectivity index (χ1n) is 8.44. The molecule has 4 nitrogen and oxygen atoms in total. The smallest absolute Gasteiger partial charge is 0.122 e. The van der Waals surface area contributed by atoms with E-state index in [0.29, 0.717) is 12.6 Å². The number of hydrogen-bond donors (Lipinski definition) is 1. The van der Waals surface area contributed by atoms with E-state index >= 15 is 0 Å². The van der Waals surface area contributed by atoms with Crippen molar-refractivity contribution in [3.8, 4) is 5.75 Å². The van der Waals surface area contributed by atoms with Crippen LogP contribution >= 0.6 is 0 Å². The van der Waals surface area contributed by atoms with E-state index in [1.807, 2.05) is 31.5 Å². The second kappa shape index (κ2) is 8.09. The van der Waals surface area contributed by atoms with Crippen molar-refractivity contribution in [3.63, 3.8) is 0 Å². The molecule has 0 saturated carbocycles. The molecular weight excluding hydrogens is 286 g/mol. The van der Waals surface area contributed by atoms with Gasteiger partial charge < -0.3 is 10.1 Å². The topological polar surface area (TPSA) is 37.4 Å². The van der Waals surface area contributed by atoms with Gasteiger partial charge in [-0.05, 0) is 36.6 Å². The molecule has 2 aromatic rings. The number of piperazine rings is 1. The lowest BCUT2D eigenvalue weighted by atomic mass is 9.97. The Bertz CT molecular complexity index is 597. The summed E-state index contributed by atoms with van der Waals surface area (Å²) in [5.41, 5.74) is 2.54. The molecule has 0 spiro atoms. The number of nitrogens with zero attached hydrogens (tertiary/aromatic N) is 2. The van der Waals surface area contributed by atoms with Crippen molar-refractivity contribution in [2.75, 3.05) is 32.8 Å². The molecule has 1 N–H and O–H groups in total. The fourth-order valence-electron chi connectivity index (χ4n) is 3.20. The Labute approximate surface area is 138 Å². The van der Waals surface area contributed by atoms with Gasteiger partial charge in [0.05, 0.1) is 6.61 Å². The zero-order chi connectivity index (χ0) is 15.9. The van der Waals surface area contributed by atoms with E-state index in [-0.39, 0.29) is 0 Å². The van der Waals surface area contributed by atoms with Crippen LogP contribution in [0.1, 0.15) is 24.1 Å². The van der Waals surface area contributed by atoms with Crippen molar-refractivity contribution in [3.05, 3.63) is 59.9 Å². The minimum Gasteiger partial charge on any atom is -0.494 e. The van der Waals surface area contributed by atoms with Gasteiger partial charge in [-0.2, -0.15) is 0 Å². The van der Waals surface area contributed by atoms with E-state index < -0.39 is 0 Å². The molecule has 2 heterocycles. The van der Waals surface area contributed by atoms with E-state index in [9.17, 15) is 0 Å². The monoisotopic (exact) mass is 311 g/mol. The van der Waals surface area contributed by atoms with Crippen LogP contribution in [-0.4, -0.2) is 42.7 Å². The van der Waals surface area contributed by atoms with Gasteiger partial charge in [-0.1, -0.05) is 24.3 Å². The Balaban J connectivity index is 1.86. The number of para-hydroxylation sites is 1. The molecule has 122 valence electrons. The molecule has 0 aliphatic carbocycles. The summed E-state index contributed by atoms with van der Waals surface area (Å²) < 4.78 is 5.81. The molecule has 1 fully saturated rings. The normalized spacial score (nSPS) is 16.9. The summed E-state index contributed by atoms with van der Waals surface area (Å²) in [7, 11) is 0. The van der Waals surface area contributed by atoms with Gasteiger partial charge in [0.2, 0.25) is 0 Å². The number of rotatable bonds is 6. The Morgan fingerprint density at radius 1 is 1.17 bits per heavy atom. The van der Waals surface area contributed by atoms with Crippen molar-refractivity contribution in [2.45, 2.75) is 19.4 Å². The van der Waals surface area contributed by atoms with Crippen molar-refractivity contribution >= 4 is 0 Å². The van der Waals surface area contributed by atoms with E-state index in [2.05, 4.69) is 39.5 Å². The van der Waals surface area contributed by atoms with Crippen LogP contribution in [0.15, 0.2) is 48.8 Å². The van der Waals surface area contributed by atoms with Crippen LogP contribution in [0.3, 0.4) is 0 Å². The Morgan fingerprint density at radius 2 is 2.00 bits per heavy atom. The molecule has 3 rings (SSSR count). The zero-order valence-corrected chi connectivity index (χ0v) is 13.7. The summed E-state index contributed by atoms with van der Waals surface area (Å²) in [5.74, 6) is 0.999. The van der Waals surface area contributed by atoms with Gasteiger partial charge >= 0.3 is 0 Å². The van der Waals surface area contributed by atoms with Crippen LogP contribution in [0.4, 0.5) is 0 Å². The highest BCUT2D eigenvalue weighted by Crippen LogP contribution is 2.29. The molecule has 1 saturated heterocycles. The molecule has 1 unspecified atom stereocenters. The van der Waals surface area contributed by atoms with Gasteiger partial charge in [0.25, 0.3) is 0 Å². The molecule has 1 aromatic carbocycles. The first-order valence-corrected chi connectivity index (χ1v) is 8.44. The van der Waals surface area contributed by atoms with Crippen LogP contribution in [-0.2, 0) is 6.42 Å². The predicted octanol–water partition coefficient (Wildman–Crippen LogP) is 2.67. The van der Waals surface area contributed by atoms with Crippen LogP contribution in [0.2, 0.25) is 0 Å². The predicted molar refractivity (Wildman–Crippen MR) is 92.7 cm³/mol. The van der Waals surface area contributed by atoms with E-state index in [4.69, 9.17) is 4.74 Å². The Morgan fingerprint density at radius 3 is 2.74 bits per heavy atom. The molecule has 0 radical (unpaired) electrons. The molecular formula is C19H25N3O. The minimum atomic E-state index is 0.340. The van der Waals surface area contributed by atoms with E-state index in [0.717, 1.165) is 38.3 Å². The quantitative estimate of drug-likeness (QED) is 0.890. The van der Waals surface area contributed by atoms with Gasteiger partial charge in [-0.3, -0.25) is 9.88 Å². The van der Waals surface area contributed by atoms with Gasteiger partial charge in [-0.25, -0.2) is 0 Å². The van der Waals surface area contributed by atoms with E-state index in [1.54, 1.807) is 0 Å². The number of ether oxygens (including phenoxy) is 1. The summed E-state index contributed by atoms with van der Waals surface area (Å²) >= 11 is 0. The van der Waals surface area contributed by atoms with E-state index in [1.165, 1.54) is 11.1 Å². The van der Waals surface area contributed by atoms with Gasteiger partial charge in [0.15, 0.2) is 0 Å². The summed E-state index contributed by atoms with van der Waals surface area (Å²) in [4.78, 5) is 6.88. The molecule has 1 aromatic heterocycles. The summed E-state index contributed by atoms with van der Waals surface area (Å²) in [6.07, 6.45) is 4.78. The molecule has 4 heteroatoms. The summed E-state index contributed by atoms with van der Waals surface area (Å²) in [6, 6.07) is 12.9. The summed E-state index contributed by atoms with van der Waals surface area (Å²) in [5, 5.41) is 3.43. The lowest BCUT2D eigenvalue weighted by Gasteiger charge is -2.35. The third-order valence-corrected chi connectivity index (χ3v) is 4.35. The fraction of sp³-hybridized carbons (Fsp3) is 0.421. The van der Waals surface area contributed by atoms with Crippen LogP contribution < -0.4 is 10.1 Å². The van der Waals surface area contributed by atoms with Gasteiger partial charge in [-0.15, -0.1) is 0 Å². The third kappa shape index (κ3) is 4.09.